The fraction of sp³-hybridized carbons (Fsp3) is 0.385. The van der Waals surface area contributed by atoms with Gasteiger partial charge in [0.1, 0.15) is 5.82 Å². The predicted octanol–water partition coefficient (Wildman–Crippen LogP) is 1.76. The molecule has 0 saturated heterocycles. The molecule has 1 aromatic carbocycles. The lowest BCUT2D eigenvalue weighted by Gasteiger charge is -2.25. The summed E-state index contributed by atoms with van der Waals surface area (Å²) >= 11 is 0. The number of carboxylic acid groups (broad SMARTS) is 1. The number of aliphatic hydroxyl groups is 1. The number of urea groups is 1. The molecule has 0 aromatic heterocycles. The van der Waals surface area contributed by atoms with Crippen LogP contribution >= 0.6 is 0 Å². The number of amides is 2. The minimum absolute atomic E-state index is 0.0891. The lowest BCUT2D eigenvalue weighted by molar-refractivity contribution is 0.0550. The van der Waals surface area contributed by atoms with Gasteiger partial charge in [0.15, 0.2) is 0 Å². The molecule has 0 saturated carbocycles. The van der Waals surface area contributed by atoms with Gasteiger partial charge in [-0.25, -0.2) is 14.0 Å². The number of nitrogens with zero attached hydrogens (tertiary/aromatic N) is 1. The summed E-state index contributed by atoms with van der Waals surface area (Å²) in [5.41, 5.74) is -1.41. The van der Waals surface area contributed by atoms with Gasteiger partial charge in [-0.3, -0.25) is 0 Å². The molecule has 0 aliphatic rings. The Morgan fingerprint density at radius 1 is 1.40 bits per heavy atom. The van der Waals surface area contributed by atoms with Crippen LogP contribution in [0.4, 0.5) is 14.9 Å². The fourth-order valence-corrected chi connectivity index (χ4v) is 1.64. The van der Waals surface area contributed by atoms with Crippen LogP contribution in [0.15, 0.2) is 18.2 Å². The molecule has 110 valence electrons. The van der Waals surface area contributed by atoms with Crippen LogP contribution in [0.1, 0.15) is 24.2 Å². The van der Waals surface area contributed by atoms with E-state index in [-0.39, 0.29) is 12.2 Å². The first-order valence-electron chi connectivity index (χ1n) is 5.87. The molecule has 6 nitrogen and oxygen atoms in total. The second-order valence-corrected chi connectivity index (χ2v) is 5.10. The molecule has 3 N–H and O–H groups in total. The van der Waals surface area contributed by atoms with E-state index in [1.807, 2.05) is 0 Å². The molecule has 0 atom stereocenters. The molecule has 20 heavy (non-hydrogen) atoms. The number of carbonyl (C=O) groups excluding carboxylic acids is 1. The zero-order valence-electron chi connectivity index (χ0n) is 11.5. The number of halogens is 1. The highest BCUT2D eigenvalue weighted by Crippen LogP contribution is 2.15. The van der Waals surface area contributed by atoms with E-state index in [2.05, 4.69) is 5.32 Å². The van der Waals surface area contributed by atoms with Gasteiger partial charge in [0.25, 0.3) is 0 Å². The van der Waals surface area contributed by atoms with Crippen molar-refractivity contribution < 1.29 is 24.2 Å². The van der Waals surface area contributed by atoms with E-state index < -0.39 is 29.0 Å². The number of anilines is 1. The number of nitrogens with one attached hydrogen (secondary N) is 1. The number of rotatable bonds is 4. The first-order chi connectivity index (χ1) is 9.10. The Labute approximate surface area is 115 Å². The van der Waals surface area contributed by atoms with E-state index in [0.29, 0.717) is 0 Å². The highest BCUT2D eigenvalue weighted by atomic mass is 19.1. The van der Waals surface area contributed by atoms with Crippen molar-refractivity contribution in [2.75, 3.05) is 18.9 Å². The zero-order valence-corrected chi connectivity index (χ0v) is 11.5. The van der Waals surface area contributed by atoms with Crippen LogP contribution < -0.4 is 5.32 Å². The number of aromatic carboxylic acids is 1. The van der Waals surface area contributed by atoms with Gasteiger partial charge in [-0.05, 0) is 32.0 Å². The summed E-state index contributed by atoms with van der Waals surface area (Å²) in [4.78, 5) is 23.8. The molecule has 0 bridgehead atoms. The van der Waals surface area contributed by atoms with Gasteiger partial charge >= 0.3 is 12.0 Å². The summed E-state index contributed by atoms with van der Waals surface area (Å²) in [6.45, 7) is 3.19. The monoisotopic (exact) mass is 284 g/mol. The summed E-state index contributed by atoms with van der Waals surface area (Å²) in [5, 5.41) is 20.8. The first-order valence-corrected chi connectivity index (χ1v) is 5.87. The van der Waals surface area contributed by atoms with E-state index in [0.717, 1.165) is 12.1 Å². The van der Waals surface area contributed by atoms with E-state index in [1.165, 1.54) is 18.0 Å². The Hall–Kier alpha value is -2.15. The van der Waals surface area contributed by atoms with Gasteiger partial charge in [-0.2, -0.15) is 0 Å². The van der Waals surface area contributed by atoms with E-state index in [4.69, 9.17) is 5.11 Å². The molecule has 0 fully saturated rings. The highest BCUT2D eigenvalue weighted by molar-refractivity contribution is 5.93. The first kappa shape index (κ1) is 15.9. The quantitative estimate of drug-likeness (QED) is 0.786. The van der Waals surface area contributed by atoms with Crippen molar-refractivity contribution in [2.45, 2.75) is 19.4 Å². The second kappa shape index (κ2) is 5.87. The average Bonchev–Trinajstić information content (AvgIpc) is 2.28. The summed E-state index contributed by atoms with van der Waals surface area (Å²) < 4.78 is 13.2. The topological polar surface area (TPSA) is 89.9 Å². The molecule has 7 heteroatoms. The minimum atomic E-state index is -1.41. The molecule has 0 heterocycles. The van der Waals surface area contributed by atoms with Crippen molar-refractivity contribution in [3.05, 3.63) is 29.6 Å². The Bertz CT molecular complexity index is 526. The number of carbonyl (C=O) groups is 2. The maximum absolute atomic E-state index is 13.2. The van der Waals surface area contributed by atoms with Gasteiger partial charge in [0.05, 0.1) is 17.7 Å². The predicted molar refractivity (Wildman–Crippen MR) is 71.3 cm³/mol. The van der Waals surface area contributed by atoms with Gasteiger partial charge in [-0.15, -0.1) is 0 Å². The van der Waals surface area contributed by atoms with E-state index in [1.54, 1.807) is 13.8 Å². The van der Waals surface area contributed by atoms with Crippen molar-refractivity contribution in [3.8, 4) is 0 Å². The van der Waals surface area contributed by atoms with Crippen LogP contribution in [0.25, 0.3) is 0 Å². The lowest BCUT2D eigenvalue weighted by atomic mass is 10.1. The normalized spacial score (nSPS) is 11.1. The number of carboxylic acids is 1. The molecule has 0 aliphatic heterocycles. The maximum Gasteiger partial charge on any atom is 0.338 e. The summed E-state index contributed by atoms with van der Waals surface area (Å²) in [6.07, 6.45) is 0. The maximum atomic E-state index is 13.2. The van der Waals surface area contributed by atoms with Crippen molar-refractivity contribution in [2.24, 2.45) is 0 Å². The van der Waals surface area contributed by atoms with Crippen LogP contribution in [0, 0.1) is 5.82 Å². The second-order valence-electron chi connectivity index (χ2n) is 5.10. The van der Waals surface area contributed by atoms with Crippen LogP contribution in [0.5, 0.6) is 0 Å². The number of likely N-dealkylation sites (N-methyl/N-ethyl adjacent to an activating group) is 1. The van der Waals surface area contributed by atoms with Crippen molar-refractivity contribution >= 4 is 17.7 Å². The molecular formula is C13H17FN2O4. The molecular weight excluding hydrogens is 267 g/mol. The highest BCUT2D eigenvalue weighted by Gasteiger charge is 2.20. The molecule has 1 rings (SSSR count). The van der Waals surface area contributed by atoms with Crippen molar-refractivity contribution in [3.63, 3.8) is 0 Å². The van der Waals surface area contributed by atoms with Gasteiger partial charge in [0.2, 0.25) is 0 Å². The number of hydrogen-bond acceptors (Lipinski definition) is 3. The Kier molecular flexibility index (Phi) is 4.67. The Morgan fingerprint density at radius 3 is 2.50 bits per heavy atom. The van der Waals surface area contributed by atoms with Crippen LogP contribution in [-0.2, 0) is 0 Å². The molecule has 2 amide bonds. The third-order valence-electron chi connectivity index (χ3n) is 2.42. The Morgan fingerprint density at radius 2 is 2.00 bits per heavy atom. The fourth-order valence-electron chi connectivity index (χ4n) is 1.64. The lowest BCUT2D eigenvalue weighted by Crippen LogP contribution is -2.41. The number of benzene rings is 1. The molecule has 1 aromatic rings. The van der Waals surface area contributed by atoms with E-state index >= 15 is 0 Å². The Balaban J connectivity index is 2.81. The molecule has 0 radical (unpaired) electrons. The van der Waals surface area contributed by atoms with Gasteiger partial charge < -0.3 is 20.4 Å². The zero-order chi connectivity index (χ0) is 15.5. The third-order valence-corrected chi connectivity index (χ3v) is 2.42. The van der Waals surface area contributed by atoms with Gasteiger partial charge in [-0.1, -0.05) is 0 Å². The molecule has 0 spiro atoms. The third kappa shape index (κ3) is 4.51. The summed E-state index contributed by atoms with van der Waals surface area (Å²) in [6, 6.07) is 2.73. The standard InChI is InChI=1S/C13H17FN2O4/c1-13(2,20)7-16(3)12(19)15-8-4-5-10(14)9(6-8)11(17)18/h4-6,20H,7H2,1-3H3,(H,15,19)(H,17,18). The van der Waals surface area contributed by atoms with Crippen LogP contribution in [0.3, 0.4) is 0 Å². The average molecular weight is 284 g/mol. The van der Waals surface area contributed by atoms with Gasteiger partial charge in [0, 0.05) is 12.7 Å². The van der Waals surface area contributed by atoms with Crippen molar-refractivity contribution in [1.29, 1.82) is 0 Å². The molecule has 0 unspecified atom stereocenters. The molecule has 0 aliphatic carbocycles. The SMILES string of the molecule is CN(CC(C)(C)O)C(=O)Nc1ccc(F)c(C(=O)O)c1. The van der Waals surface area contributed by atoms with Crippen LogP contribution in [-0.4, -0.2) is 46.3 Å². The van der Waals surface area contributed by atoms with Crippen LogP contribution in [0.2, 0.25) is 0 Å². The minimum Gasteiger partial charge on any atom is -0.478 e. The summed E-state index contributed by atoms with van der Waals surface area (Å²) in [5.74, 6) is -2.29. The number of hydrogen-bond donors (Lipinski definition) is 3. The van der Waals surface area contributed by atoms with E-state index in [9.17, 15) is 19.1 Å². The summed E-state index contributed by atoms with van der Waals surface area (Å²) in [7, 11) is 1.48. The smallest absolute Gasteiger partial charge is 0.338 e. The largest absolute Gasteiger partial charge is 0.478 e. The van der Waals surface area contributed by atoms with Crippen molar-refractivity contribution in [1.82, 2.24) is 4.90 Å².